The second-order valence-electron chi connectivity index (χ2n) is 4.90. The molecule has 2 aliphatic rings. The summed E-state index contributed by atoms with van der Waals surface area (Å²) in [7, 11) is 0. The largest absolute Gasteiger partial charge is 0.420 e. The van der Waals surface area contributed by atoms with Crippen molar-refractivity contribution in [2.75, 3.05) is 0 Å². The molecular formula is C17H8ClNO4. The number of ether oxygens (including phenoxy) is 2. The molecule has 0 atom stereocenters. The highest BCUT2D eigenvalue weighted by atomic mass is 35.5. The van der Waals surface area contributed by atoms with Crippen molar-refractivity contribution in [1.29, 1.82) is 0 Å². The van der Waals surface area contributed by atoms with Gasteiger partial charge in [0.15, 0.2) is 11.5 Å². The van der Waals surface area contributed by atoms with E-state index in [1.54, 1.807) is 48.5 Å². The summed E-state index contributed by atoms with van der Waals surface area (Å²) in [6.45, 7) is 0. The van der Waals surface area contributed by atoms with Gasteiger partial charge >= 0.3 is 11.9 Å². The fraction of sp³-hybridized carbons (Fsp3) is 0. The van der Waals surface area contributed by atoms with Crippen molar-refractivity contribution in [3.63, 3.8) is 0 Å². The SMILES string of the molecule is O=C1OC(c2ccccc2Cl)=NC1=C1OC(=O)c2ccccc21. The lowest BCUT2D eigenvalue weighted by molar-refractivity contribution is -0.130. The van der Waals surface area contributed by atoms with E-state index in [0.717, 1.165) is 0 Å². The Balaban J connectivity index is 1.86. The van der Waals surface area contributed by atoms with Crippen LogP contribution < -0.4 is 0 Å². The van der Waals surface area contributed by atoms with Crippen molar-refractivity contribution >= 4 is 35.2 Å². The molecule has 0 aromatic heterocycles. The van der Waals surface area contributed by atoms with Crippen LogP contribution in [0, 0.1) is 0 Å². The van der Waals surface area contributed by atoms with Crippen molar-refractivity contribution in [1.82, 2.24) is 0 Å². The number of nitrogens with zero attached hydrogens (tertiary/aromatic N) is 1. The molecule has 0 fully saturated rings. The van der Waals surface area contributed by atoms with Gasteiger partial charge in [-0.1, -0.05) is 41.9 Å². The van der Waals surface area contributed by atoms with E-state index < -0.39 is 11.9 Å². The molecule has 0 radical (unpaired) electrons. The zero-order chi connectivity index (χ0) is 16.0. The minimum Gasteiger partial charge on any atom is -0.420 e. The van der Waals surface area contributed by atoms with Crippen LogP contribution in [0.2, 0.25) is 5.02 Å². The summed E-state index contributed by atoms with van der Waals surface area (Å²) in [5, 5.41) is 0.411. The first-order chi connectivity index (χ1) is 11.1. The number of carbonyl (C=O) groups excluding carboxylic acids is 2. The van der Waals surface area contributed by atoms with Crippen LogP contribution in [0.4, 0.5) is 0 Å². The molecule has 2 aliphatic heterocycles. The molecule has 23 heavy (non-hydrogen) atoms. The fourth-order valence-corrected chi connectivity index (χ4v) is 2.65. The molecule has 5 nitrogen and oxygen atoms in total. The Morgan fingerprint density at radius 2 is 1.43 bits per heavy atom. The quantitative estimate of drug-likeness (QED) is 0.596. The summed E-state index contributed by atoms with van der Waals surface area (Å²) in [6, 6.07) is 13.7. The van der Waals surface area contributed by atoms with Crippen molar-refractivity contribution in [2.45, 2.75) is 0 Å². The van der Waals surface area contributed by atoms with Gasteiger partial charge in [0.05, 0.1) is 16.1 Å². The third kappa shape index (κ3) is 2.13. The molecule has 112 valence electrons. The lowest BCUT2D eigenvalue weighted by Gasteiger charge is -2.00. The summed E-state index contributed by atoms with van der Waals surface area (Å²) < 4.78 is 10.4. The summed E-state index contributed by atoms with van der Waals surface area (Å²) in [4.78, 5) is 28.2. The van der Waals surface area contributed by atoms with Crippen molar-refractivity contribution in [2.24, 2.45) is 4.99 Å². The van der Waals surface area contributed by atoms with Crippen LogP contribution in [0.15, 0.2) is 59.2 Å². The second kappa shape index (κ2) is 5.07. The summed E-state index contributed by atoms with van der Waals surface area (Å²) >= 11 is 6.09. The van der Waals surface area contributed by atoms with Gasteiger partial charge in [-0.3, -0.25) is 0 Å². The Hall–Kier alpha value is -2.92. The molecule has 2 heterocycles. The number of fused-ring (bicyclic) bond motifs is 1. The number of hydrogen-bond acceptors (Lipinski definition) is 5. The third-order valence-corrected chi connectivity index (χ3v) is 3.83. The zero-order valence-corrected chi connectivity index (χ0v) is 12.3. The first-order valence-electron chi connectivity index (χ1n) is 6.77. The summed E-state index contributed by atoms with van der Waals surface area (Å²) in [5.74, 6) is -1.00. The number of halogens is 1. The highest BCUT2D eigenvalue weighted by Crippen LogP contribution is 2.35. The maximum Gasteiger partial charge on any atom is 0.367 e. The van der Waals surface area contributed by atoms with Gasteiger partial charge in [0.2, 0.25) is 5.90 Å². The Kier molecular flexibility index (Phi) is 3.02. The topological polar surface area (TPSA) is 65.0 Å². The van der Waals surface area contributed by atoms with Crippen LogP contribution in [0.3, 0.4) is 0 Å². The minimum absolute atomic E-state index is 0.0433. The first-order valence-corrected chi connectivity index (χ1v) is 7.14. The Labute approximate surface area is 135 Å². The van der Waals surface area contributed by atoms with Crippen LogP contribution in [-0.2, 0) is 14.3 Å². The standard InChI is InChI=1S/C17H8ClNO4/c18-12-8-4-3-7-11(12)15-19-13(17(21)23-15)14-9-5-1-2-6-10(9)16(20)22-14/h1-8H. The van der Waals surface area contributed by atoms with Crippen LogP contribution in [-0.4, -0.2) is 17.8 Å². The Morgan fingerprint density at radius 1 is 0.783 bits per heavy atom. The molecular weight excluding hydrogens is 318 g/mol. The molecule has 2 aromatic carbocycles. The lowest BCUT2D eigenvalue weighted by atomic mass is 10.1. The second-order valence-corrected chi connectivity index (χ2v) is 5.31. The highest BCUT2D eigenvalue weighted by molar-refractivity contribution is 6.34. The average molecular weight is 326 g/mol. The van der Waals surface area contributed by atoms with Crippen molar-refractivity contribution < 1.29 is 19.1 Å². The predicted octanol–water partition coefficient (Wildman–Crippen LogP) is 3.18. The number of cyclic esters (lactones) is 2. The van der Waals surface area contributed by atoms with E-state index in [0.29, 0.717) is 21.7 Å². The summed E-state index contributed by atoms with van der Waals surface area (Å²) in [6.07, 6.45) is 0. The van der Waals surface area contributed by atoms with Crippen molar-refractivity contribution in [3.8, 4) is 0 Å². The molecule has 4 rings (SSSR count). The molecule has 6 heteroatoms. The van der Waals surface area contributed by atoms with Gasteiger partial charge in [-0.05, 0) is 18.2 Å². The molecule has 0 bridgehead atoms. The molecule has 0 amide bonds. The summed E-state index contributed by atoms with van der Waals surface area (Å²) in [5.41, 5.74) is 1.37. The number of aliphatic imine (C=N–C) groups is 1. The molecule has 2 aromatic rings. The Morgan fingerprint density at radius 3 is 2.17 bits per heavy atom. The molecule has 0 spiro atoms. The predicted molar refractivity (Wildman–Crippen MR) is 82.9 cm³/mol. The van der Waals surface area contributed by atoms with Gasteiger partial charge < -0.3 is 9.47 Å². The molecule has 0 N–H and O–H groups in total. The van der Waals surface area contributed by atoms with E-state index in [-0.39, 0.29) is 17.4 Å². The smallest absolute Gasteiger partial charge is 0.367 e. The van der Waals surface area contributed by atoms with Crippen LogP contribution >= 0.6 is 11.6 Å². The van der Waals surface area contributed by atoms with Crippen LogP contribution in [0.5, 0.6) is 0 Å². The van der Waals surface area contributed by atoms with Gasteiger partial charge in [-0.25, -0.2) is 14.6 Å². The zero-order valence-electron chi connectivity index (χ0n) is 11.6. The lowest BCUT2D eigenvalue weighted by Crippen LogP contribution is -2.06. The van der Waals surface area contributed by atoms with Gasteiger partial charge in [-0.2, -0.15) is 0 Å². The molecule has 0 unspecified atom stereocenters. The van der Waals surface area contributed by atoms with Gasteiger partial charge in [0.1, 0.15) is 0 Å². The maximum absolute atomic E-state index is 12.1. The van der Waals surface area contributed by atoms with Gasteiger partial charge in [-0.15, -0.1) is 0 Å². The Bertz CT molecular complexity index is 930. The van der Waals surface area contributed by atoms with E-state index in [1.807, 2.05) is 0 Å². The first kappa shape index (κ1) is 13.7. The number of benzene rings is 2. The van der Waals surface area contributed by atoms with Crippen molar-refractivity contribution in [3.05, 3.63) is 75.9 Å². The third-order valence-electron chi connectivity index (χ3n) is 3.50. The molecule has 0 saturated carbocycles. The average Bonchev–Trinajstić information content (AvgIpc) is 3.09. The van der Waals surface area contributed by atoms with E-state index in [1.165, 1.54) is 0 Å². The number of hydrogen-bond donors (Lipinski definition) is 0. The van der Waals surface area contributed by atoms with Crippen LogP contribution in [0.25, 0.3) is 5.76 Å². The van der Waals surface area contributed by atoms with E-state index >= 15 is 0 Å². The number of rotatable bonds is 1. The fourth-order valence-electron chi connectivity index (χ4n) is 2.44. The molecule has 0 aliphatic carbocycles. The van der Waals surface area contributed by atoms with Gasteiger partial charge in [0, 0.05) is 5.56 Å². The van der Waals surface area contributed by atoms with Crippen LogP contribution in [0.1, 0.15) is 21.5 Å². The van der Waals surface area contributed by atoms with E-state index in [4.69, 9.17) is 21.1 Å². The monoisotopic (exact) mass is 325 g/mol. The van der Waals surface area contributed by atoms with E-state index in [9.17, 15) is 9.59 Å². The number of esters is 2. The number of carbonyl (C=O) groups is 2. The maximum atomic E-state index is 12.1. The normalized spacial score (nSPS) is 19.3. The highest BCUT2D eigenvalue weighted by Gasteiger charge is 2.36. The minimum atomic E-state index is -0.681. The van der Waals surface area contributed by atoms with Gasteiger partial charge in [0.25, 0.3) is 0 Å². The molecule has 0 saturated heterocycles. The van der Waals surface area contributed by atoms with E-state index in [2.05, 4.69) is 4.99 Å².